The summed E-state index contributed by atoms with van der Waals surface area (Å²) in [7, 11) is 0. The van der Waals surface area contributed by atoms with E-state index in [9.17, 15) is 18.0 Å². The first-order chi connectivity index (χ1) is 15.1. The summed E-state index contributed by atoms with van der Waals surface area (Å²) in [5.41, 5.74) is 0.269. The molecule has 0 aromatic carbocycles. The second-order valence-electron chi connectivity index (χ2n) is 7.51. The van der Waals surface area contributed by atoms with Gasteiger partial charge in [0.05, 0.1) is 31.7 Å². The Morgan fingerprint density at radius 3 is 2.62 bits per heavy atom. The molecule has 2 saturated heterocycles. The lowest BCUT2D eigenvalue weighted by Gasteiger charge is -2.42. The summed E-state index contributed by atoms with van der Waals surface area (Å²) in [4.78, 5) is 28.0. The first kappa shape index (κ1) is 24.2. The third kappa shape index (κ3) is 6.31. The number of carbonyl (C=O) groups is 2. The van der Waals surface area contributed by atoms with Crippen LogP contribution in [0.5, 0.6) is 0 Å². The molecule has 2 fully saturated rings. The van der Waals surface area contributed by atoms with E-state index in [4.69, 9.17) is 23.8 Å². The Labute approximate surface area is 186 Å². The van der Waals surface area contributed by atoms with Gasteiger partial charge in [-0.25, -0.2) is 4.79 Å². The number of morpholine rings is 1. The third-order valence-corrected chi connectivity index (χ3v) is 5.90. The maximum atomic E-state index is 12.3. The molecule has 4 heterocycles. The summed E-state index contributed by atoms with van der Waals surface area (Å²) in [6, 6.07) is 6.14. The number of nitrogens with zero attached hydrogens (tertiary/aromatic N) is 2. The standard InChI is InChI=1S/C18H22N2O4S.C2HF3O2/c1-14-2-3-16(25-14)8-19-5-7-23-13-18(11-19)12-20(17(21)10-24-18)15-4-6-22-9-15;3-2(4,5)1(6)7/h2-4,6,9H,5,7-8,10-13H2,1H3;(H,6,7). The van der Waals surface area contributed by atoms with Crippen LogP contribution in [-0.2, 0) is 25.6 Å². The van der Waals surface area contributed by atoms with Crippen LogP contribution in [0.1, 0.15) is 9.75 Å². The van der Waals surface area contributed by atoms with Crippen molar-refractivity contribution in [2.75, 3.05) is 44.4 Å². The van der Waals surface area contributed by atoms with Crippen molar-refractivity contribution < 1.29 is 41.8 Å². The van der Waals surface area contributed by atoms with Gasteiger partial charge in [-0.1, -0.05) is 0 Å². The van der Waals surface area contributed by atoms with Gasteiger partial charge in [0.15, 0.2) is 0 Å². The number of rotatable bonds is 3. The van der Waals surface area contributed by atoms with E-state index in [0.29, 0.717) is 19.8 Å². The van der Waals surface area contributed by atoms with Gasteiger partial charge in [-0.3, -0.25) is 9.69 Å². The van der Waals surface area contributed by atoms with Crippen molar-refractivity contribution in [1.82, 2.24) is 4.90 Å². The lowest BCUT2D eigenvalue weighted by Crippen LogP contribution is -2.60. The summed E-state index contributed by atoms with van der Waals surface area (Å²) < 4.78 is 48.7. The predicted octanol–water partition coefficient (Wildman–Crippen LogP) is 2.92. The first-order valence-corrected chi connectivity index (χ1v) is 10.5. The van der Waals surface area contributed by atoms with Crippen LogP contribution in [0.15, 0.2) is 35.1 Å². The number of carboxylic acid groups (broad SMARTS) is 1. The average Bonchev–Trinajstić information content (AvgIpc) is 3.35. The molecular formula is C20H23F3N2O6S. The molecule has 2 aliphatic rings. The van der Waals surface area contributed by atoms with Gasteiger partial charge < -0.3 is 23.9 Å². The van der Waals surface area contributed by atoms with Gasteiger partial charge in [0.25, 0.3) is 5.91 Å². The molecule has 0 radical (unpaired) electrons. The van der Waals surface area contributed by atoms with Crippen LogP contribution in [0.25, 0.3) is 0 Å². The van der Waals surface area contributed by atoms with Gasteiger partial charge in [-0.2, -0.15) is 13.2 Å². The largest absolute Gasteiger partial charge is 0.490 e. The van der Waals surface area contributed by atoms with Crippen molar-refractivity contribution in [3.8, 4) is 0 Å². The molecule has 0 bridgehead atoms. The van der Waals surface area contributed by atoms with Crippen LogP contribution < -0.4 is 4.90 Å². The second kappa shape index (κ2) is 10.0. The molecule has 1 atom stereocenters. The molecule has 0 aliphatic carbocycles. The van der Waals surface area contributed by atoms with Gasteiger partial charge in [0.1, 0.15) is 18.5 Å². The van der Waals surface area contributed by atoms with Gasteiger partial charge in [0.2, 0.25) is 0 Å². The number of carbonyl (C=O) groups excluding carboxylic acids is 1. The smallest absolute Gasteiger partial charge is 0.475 e. The third-order valence-electron chi connectivity index (χ3n) is 4.91. The number of carboxylic acids is 1. The number of aliphatic carboxylic acids is 1. The number of halogens is 3. The fourth-order valence-electron chi connectivity index (χ4n) is 3.45. The van der Waals surface area contributed by atoms with Gasteiger partial charge in [0, 0.05) is 35.5 Å². The highest BCUT2D eigenvalue weighted by molar-refractivity contribution is 7.11. The van der Waals surface area contributed by atoms with Crippen molar-refractivity contribution in [1.29, 1.82) is 0 Å². The van der Waals surface area contributed by atoms with Crippen LogP contribution in [-0.4, -0.2) is 73.1 Å². The number of thiophene rings is 1. The van der Waals surface area contributed by atoms with Gasteiger partial charge in [-0.15, -0.1) is 11.3 Å². The van der Waals surface area contributed by atoms with E-state index in [1.807, 2.05) is 11.3 Å². The van der Waals surface area contributed by atoms with Gasteiger partial charge >= 0.3 is 12.1 Å². The minimum absolute atomic E-state index is 0.0447. The SMILES string of the molecule is Cc1ccc(CN2CCOCC3(C2)CN(c2ccoc2)C(=O)CO3)s1.O=C(O)C(F)(F)F. The Bertz CT molecular complexity index is 917. The Morgan fingerprint density at radius 1 is 1.28 bits per heavy atom. The van der Waals surface area contributed by atoms with Crippen LogP contribution in [0.3, 0.4) is 0 Å². The van der Waals surface area contributed by atoms with Gasteiger partial charge in [-0.05, 0) is 19.1 Å². The van der Waals surface area contributed by atoms with Crippen molar-refractivity contribution >= 4 is 28.9 Å². The monoisotopic (exact) mass is 476 g/mol. The minimum Gasteiger partial charge on any atom is -0.475 e. The topological polar surface area (TPSA) is 92.5 Å². The molecule has 1 N–H and O–H groups in total. The Balaban J connectivity index is 0.000000360. The Kier molecular flexibility index (Phi) is 7.59. The second-order valence-corrected chi connectivity index (χ2v) is 8.88. The van der Waals surface area contributed by atoms with Crippen molar-refractivity contribution in [3.63, 3.8) is 0 Å². The fraction of sp³-hybridized carbons (Fsp3) is 0.500. The Hall–Kier alpha value is -2.41. The zero-order valence-electron chi connectivity index (χ0n) is 17.3. The summed E-state index contributed by atoms with van der Waals surface area (Å²) >= 11 is 1.82. The molecule has 1 unspecified atom stereocenters. The molecule has 176 valence electrons. The van der Waals surface area contributed by atoms with E-state index in [0.717, 1.165) is 25.3 Å². The van der Waals surface area contributed by atoms with Crippen molar-refractivity contribution in [2.45, 2.75) is 25.2 Å². The maximum Gasteiger partial charge on any atom is 0.490 e. The average molecular weight is 476 g/mol. The molecule has 8 nitrogen and oxygen atoms in total. The van der Waals surface area contributed by atoms with Crippen LogP contribution in [0.4, 0.5) is 18.9 Å². The summed E-state index contributed by atoms with van der Waals surface area (Å²) in [6.45, 7) is 6.33. The summed E-state index contributed by atoms with van der Waals surface area (Å²) in [6.07, 6.45) is -1.90. The molecule has 2 aromatic rings. The number of hydrogen-bond acceptors (Lipinski definition) is 7. The number of ether oxygens (including phenoxy) is 2. The van der Waals surface area contributed by atoms with E-state index in [1.54, 1.807) is 23.5 Å². The van der Waals surface area contributed by atoms with Crippen LogP contribution in [0, 0.1) is 6.92 Å². The lowest BCUT2D eigenvalue weighted by atomic mass is 10.0. The van der Waals surface area contributed by atoms with E-state index in [-0.39, 0.29) is 12.5 Å². The van der Waals surface area contributed by atoms with Crippen molar-refractivity contribution in [3.05, 3.63) is 40.5 Å². The molecule has 4 rings (SSSR count). The quantitative estimate of drug-likeness (QED) is 0.728. The number of alkyl halides is 3. The van der Waals surface area contributed by atoms with E-state index >= 15 is 0 Å². The molecule has 32 heavy (non-hydrogen) atoms. The van der Waals surface area contributed by atoms with E-state index in [2.05, 4.69) is 24.0 Å². The molecule has 0 saturated carbocycles. The summed E-state index contributed by atoms with van der Waals surface area (Å²) in [5, 5.41) is 7.12. The minimum atomic E-state index is -5.08. The maximum absolute atomic E-state index is 12.3. The lowest BCUT2D eigenvalue weighted by molar-refractivity contribution is -0.192. The van der Waals surface area contributed by atoms with Crippen LogP contribution >= 0.6 is 11.3 Å². The summed E-state index contributed by atoms with van der Waals surface area (Å²) in [5.74, 6) is -2.80. The number of anilines is 1. The highest BCUT2D eigenvalue weighted by atomic mass is 32.1. The highest BCUT2D eigenvalue weighted by Gasteiger charge is 2.43. The molecule has 12 heteroatoms. The number of furan rings is 1. The normalized spacial score (nSPS) is 22.4. The van der Waals surface area contributed by atoms with Crippen LogP contribution in [0.2, 0.25) is 0 Å². The molecule has 2 aromatic heterocycles. The molecular weight excluding hydrogens is 453 g/mol. The Morgan fingerprint density at radius 2 is 2.03 bits per heavy atom. The first-order valence-electron chi connectivity index (χ1n) is 9.70. The molecule has 2 aliphatic heterocycles. The van der Waals surface area contributed by atoms with E-state index < -0.39 is 17.7 Å². The number of aryl methyl sites for hydroxylation is 1. The molecule has 1 amide bonds. The zero-order valence-corrected chi connectivity index (χ0v) is 18.1. The number of hydrogen-bond donors (Lipinski definition) is 1. The fourth-order valence-corrected chi connectivity index (χ4v) is 4.39. The highest BCUT2D eigenvalue weighted by Crippen LogP contribution is 2.28. The van der Waals surface area contributed by atoms with E-state index in [1.165, 1.54) is 9.75 Å². The van der Waals surface area contributed by atoms with Crippen molar-refractivity contribution in [2.24, 2.45) is 0 Å². The zero-order chi connectivity index (χ0) is 23.4. The number of amides is 1. The predicted molar refractivity (Wildman–Crippen MR) is 109 cm³/mol. The molecule has 1 spiro atoms.